The van der Waals surface area contributed by atoms with Gasteiger partial charge in [0.15, 0.2) is 6.23 Å². The van der Waals surface area contributed by atoms with Gasteiger partial charge in [-0.2, -0.15) is 26.3 Å². The molecule has 1 aromatic carbocycles. The molecule has 3 N–H and O–H groups in total. The number of hydrazine groups is 1. The lowest BCUT2D eigenvalue weighted by molar-refractivity contribution is -0.321. The van der Waals surface area contributed by atoms with Gasteiger partial charge in [0, 0.05) is 6.61 Å². The summed E-state index contributed by atoms with van der Waals surface area (Å²) in [4.78, 5) is 0. The lowest BCUT2D eigenvalue weighted by Crippen LogP contribution is -2.61. The molecular formula is C23H31F6N3O4. The monoisotopic (exact) mass is 527 g/mol. The quantitative estimate of drug-likeness (QED) is 0.518. The van der Waals surface area contributed by atoms with Gasteiger partial charge in [0.25, 0.3) is 0 Å². The molecule has 0 spiro atoms. The van der Waals surface area contributed by atoms with Crippen LogP contribution in [0.15, 0.2) is 30.3 Å². The van der Waals surface area contributed by atoms with Crippen LogP contribution in [0.4, 0.5) is 26.3 Å². The second-order valence-electron chi connectivity index (χ2n) is 9.43. The van der Waals surface area contributed by atoms with Crippen molar-refractivity contribution in [3.8, 4) is 0 Å². The van der Waals surface area contributed by atoms with Gasteiger partial charge in [-0.15, -0.1) is 0 Å². The molecule has 3 heterocycles. The smallest absolute Gasteiger partial charge is 0.379 e. The van der Waals surface area contributed by atoms with E-state index in [4.69, 9.17) is 18.9 Å². The van der Waals surface area contributed by atoms with Crippen LogP contribution in [0.25, 0.3) is 0 Å². The van der Waals surface area contributed by atoms with Crippen LogP contribution < -0.4 is 16.2 Å². The molecular weight excluding hydrogens is 496 g/mol. The molecule has 5 unspecified atom stereocenters. The number of nitrogens with one attached hydrogen (secondary N) is 3. The Bertz CT molecular complexity index is 845. The molecule has 7 nitrogen and oxygen atoms in total. The first kappa shape index (κ1) is 27.6. The number of benzene rings is 1. The minimum absolute atomic E-state index is 0.0187. The van der Waals surface area contributed by atoms with Crippen molar-refractivity contribution in [1.29, 1.82) is 0 Å². The van der Waals surface area contributed by atoms with Crippen LogP contribution in [-0.4, -0.2) is 62.0 Å². The molecule has 36 heavy (non-hydrogen) atoms. The summed E-state index contributed by atoms with van der Waals surface area (Å²) in [5, 5.41) is 2.80. The predicted molar refractivity (Wildman–Crippen MR) is 115 cm³/mol. The fraction of sp³-hybridized carbons (Fsp3) is 0.739. The molecule has 3 saturated heterocycles. The summed E-state index contributed by atoms with van der Waals surface area (Å²) in [5.74, 6) is -1.77. The number of alkyl halides is 6. The number of hydrogen-bond donors (Lipinski definition) is 3. The van der Waals surface area contributed by atoms with Crippen LogP contribution >= 0.6 is 0 Å². The van der Waals surface area contributed by atoms with Gasteiger partial charge in [-0.3, -0.25) is 5.32 Å². The average Bonchev–Trinajstić information content (AvgIpc) is 3.30. The van der Waals surface area contributed by atoms with E-state index in [1.165, 1.54) is 0 Å². The Morgan fingerprint density at radius 1 is 1.00 bits per heavy atom. The molecule has 4 bridgehead atoms. The average molecular weight is 528 g/mol. The summed E-state index contributed by atoms with van der Waals surface area (Å²) in [6, 6.07) is 7.73. The third-order valence-corrected chi connectivity index (χ3v) is 6.77. The summed E-state index contributed by atoms with van der Waals surface area (Å²) >= 11 is 0. The molecule has 0 aromatic heterocycles. The van der Waals surface area contributed by atoms with E-state index in [1.54, 1.807) is 37.3 Å². The van der Waals surface area contributed by atoms with Crippen molar-refractivity contribution in [2.45, 2.75) is 88.0 Å². The standard InChI is InChI=1S/C23H31F6N3O4/c1-14-12-33-11-5-10-21(23(27,28)29,34-13-15-6-3-2-4-7-15)20-32-31-19(36-20)17-9-8-16(22(24,25)26)18(30-17)35-14/h2-4,6-7,14,16-20,30-32H,5,8-13H2,1H3/t14-,16?,17?,18?,19?,20?,21-/m1/s1. The Labute approximate surface area is 205 Å². The molecule has 3 fully saturated rings. The highest BCUT2D eigenvalue weighted by molar-refractivity contribution is 5.14. The lowest BCUT2D eigenvalue weighted by atomic mass is 9.91. The van der Waals surface area contributed by atoms with E-state index in [1.807, 2.05) is 0 Å². The minimum Gasteiger partial charge on any atom is -0.379 e. The highest BCUT2D eigenvalue weighted by atomic mass is 19.4. The van der Waals surface area contributed by atoms with Gasteiger partial charge in [0.2, 0.25) is 5.60 Å². The first-order valence-corrected chi connectivity index (χ1v) is 12.0. The van der Waals surface area contributed by atoms with Gasteiger partial charge in [0.05, 0.1) is 31.3 Å². The molecule has 1 aromatic rings. The molecule has 4 rings (SSSR count). The van der Waals surface area contributed by atoms with Crippen molar-refractivity contribution in [1.82, 2.24) is 16.2 Å². The minimum atomic E-state index is -4.83. The molecule has 3 aliphatic heterocycles. The summed E-state index contributed by atoms with van der Waals surface area (Å²) in [5.41, 5.74) is 3.06. The van der Waals surface area contributed by atoms with Crippen molar-refractivity contribution < 1.29 is 45.3 Å². The molecule has 0 aliphatic carbocycles. The van der Waals surface area contributed by atoms with E-state index in [0.717, 1.165) is 0 Å². The Balaban J connectivity index is 1.59. The molecule has 0 radical (unpaired) electrons. The third kappa shape index (κ3) is 6.14. The maximum Gasteiger partial charge on any atom is 0.421 e. The number of ether oxygens (including phenoxy) is 4. The largest absolute Gasteiger partial charge is 0.421 e. The topological polar surface area (TPSA) is 73.0 Å². The van der Waals surface area contributed by atoms with Crippen LogP contribution in [0.1, 0.15) is 38.2 Å². The van der Waals surface area contributed by atoms with Crippen molar-refractivity contribution >= 4 is 0 Å². The van der Waals surface area contributed by atoms with Gasteiger partial charge in [-0.05, 0) is 38.2 Å². The number of rotatable bonds is 3. The fourth-order valence-electron chi connectivity index (χ4n) is 4.84. The number of halogens is 6. The fourth-order valence-corrected chi connectivity index (χ4v) is 4.84. The molecule has 204 valence electrons. The summed E-state index contributed by atoms with van der Waals surface area (Å²) in [7, 11) is 0. The number of piperidine rings is 1. The van der Waals surface area contributed by atoms with Gasteiger partial charge in [-0.25, -0.2) is 10.9 Å². The van der Waals surface area contributed by atoms with E-state index in [-0.39, 0.29) is 39.1 Å². The summed E-state index contributed by atoms with van der Waals surface area (Å²) < 4.78 is 107. The summed E-state index contributed by atoms with van der Waals surface area (Å²) in [6.07, 6.45) is -14.8. The van der Waals surface area contributed by atoms with Crippen molar-refractivity contribution in [3.63, 3.8) is 0 Å². The van der Waals surface area contributed by atoms with E-state index >= 15 is 0 Å². The summed E-state index contributed by atoms with van der Waals surface area (Å²) in [6.45, 7) is 1.13. The molecule has 0 saturated carbocycles. The van der Waals surface area contributed by atoms with Crippen LogP contribution in [0.2, 0.25) is 0 Å². The van der Waals surface area contributed by atoms with Gasteiger partial charge in [-0.1, -0.05) is 30.3 Å². The first-order valence-electron chi connectivity index (χ1n) is 12.0. The predicted octanol–water partition coefficient (Wildman–Crippen LogP) is 3.75. The zero-order chi connectivity index (χ0) is 26.0. The normalized spacial score (nSPS) is 36.9. The lowest BCUT2D eigenvalue weighted by Gasteiger charge is -2.42. The Morgan fingerprint density at radius 2 is 1.75 bits per heavy atom. The van der Waals surface area contributed by atoms with E-state index in [9.17, 15) is 26.3 Å². The van der Waals surface area contributed by atoms with Gasteiger partial charge < -0.3 is 18.9 Å². The van der Waals surface area contributed by atoms with Crippen molar-refractivity contribution in [2.24, 2.45) is 5.92 Å². The Morgan fingerprint density at radius 3 is 2.44 bits per heavy atom. The zero-order valence-electron chi connectivity index (χ0n) is 19.7. The number of fused-ring (bicyclic) bond motifs is 5. The van der Waals surface area contributed by atoms with Crippen LogP contribution in [0.3, 0.4) is 0 Å². The maximum absolute atomic E-state index is 14.7. The highest BCUT2D eigenvalue weighted by Gasteiger charge is 2.63. The zero-order valence-corrected chi connectivity index (χ0v) is 19.7. The van der Waals surface area contributed by atoms with Gasteiger partial charge >= 0.3 is 12.4 Å². The van der Waals surface area contributed by atoms with Crippen molar-refractivity contribution in [3.05, 3.63) is 35.9 Å². The SMILES string of the molecule is C[C@@H]1COCCC[C@](OCc2ccccc2)(C(F)(F)F)C2NNC(O2)C2CCC(C(F)(F)F)C(N2)O1. The van der Waals surface area contributed by atoms with Crippen molar-refractivity contribution in [2.75, 3.05) is 13.2 Å². The second-order valence-corrected chi connectivity index (χ2v) is 9.43. The highest BCUT2D eigenvalue weighted by Crippen LogP contribution is 2.43. The van der Waals surface area contributed by atoms with E-state index in [2.05, 4.69) is 16.2 Å². The van der Waals surface area contributed by atoms with E-state index < -0.39 is 61.1 Å². The Kier molecular flexibility index (Phi) is 8.49. The van der Waals surface area contributed by atoms with Gasteiger partial charge in [0.1, 0.15) is 12.5 Å². The molecule has 0 amide bonds. The van der Waals surface area contributed by atoms with Crippen LogP contribution in [0, 0.1) is 5.92 Å². The maximum atomic E-state index is 14.7. The van der Waals surface area contributed by atoms with E-state index in [0.29, 0.717) is 5.56 Å². The Hall–Kier alpha value is -1.48. The second kappa shape index (κ2) is 11.1. The van der Waals surface area contributed by atoms with Crippen LogP contribution in [-0.2, 0) is 25.6 Å². The molecule has 7 atom stereocenters. The number of hydrogen-bond acceptors (Lipinski definition) is 7. The van der Waals surface area contributed by atoms with Crippen LogP contribution in [0.5, 0.6) is 0 Å². The first-order chi connectivity index (χ1) is 17.0. The molecule has 3 aliphatic rings. The third-order valence-electron chi connectivity index (χ3n) is 6.77. The molecule has 13 heteroatoms.